The number of hydrogen-bond acceptors (Lipinski definition) is 3. The van der Waals surface area contributed by atoms with Gasteiger partial charge in [0.2, 0.25) is 0 Å². The highest BCUT2D eigenvalue weighted by Gasteiger charge is 2.22. The summed E-state index contributed by atoms with van der Waals surface area (Å²) in [4.78, 5) is 0. The maximum Gasteiger partial charge on any atom is 0.0642 e. The molecule has 0 aliphatic rings. The highest BCUT2D eigenvalue weighted by atomic mass is 16.5. The van der Waals surface area contributed by atoms with Crippen LogP contribution in [-0.2, 0) is 11.3 Å². The van der Waals surface area contributed by atoms with Gasteiger partial charge in [-0.15, -0.1) is 0 Å². The molecule has 0 aliphatic carbocycles. The number of rotatable bonds is 7. The van der Waals surface area contributed by atoms with Crippen LogP contribution < -0.4 is 5.32 Å². The molecule has 0 fully saturated rings. The van der Waals surface area contributed by atoms with Gasteiger partial charge in [0.05, 0.1) is 6.61 Å². The lowest BCUT2D eigenvalue weighted by Gasteiger charge is -2.29. The molecule has 0 spiro atoms. The van der Waals surface area contributed by atoms with Gasteiger partial charge in [-0.3, -0.25) is 0 Å². The Labute approximate surface area is 120 Å². The molecular weight excluding hydrogens is 250 g/mol. The Balaban J connectivity index is 2.07. The van der Waals surface area contributed by atoms with Crippen LogP contribution in [0.3, 0.4) is 0 Å². The summed E-state index contributed by atoms with van der Waals surface area (Å²) in [5, 5.41) is 15.2. The molecule has 2 aromatic rings. The van der Waals surface area contributed by atoms with E-state index in [1.807, 2.05) is 0 Å². The third-order valence-electron chi connectivity index (χ3n) is 3.66. The van der Waals surface area contributed by atoms with Crippen molar-refractivity contribution in [1.82, 2.24) is 5.32 Å². The summed E-state index contributed by atoms with van der Waals surface area (Å²) in [5.41, 5.74) is 1.04. The van der Waals surface area contributed by atoms with Gasteiger partial charge >= 0.3 is 0 Å². The lowest BCUT2D eigenvalue weighted by Crippen LogP contribution is -2.46. The fraction of sp³-hybridized carbons (Fsp3) is 0.412. The maximum absolute atomic E-state index is 9.17. The largest absolute Gasteiger partial charge is 0.396 e. The second-order valence-electron chi connectivity index (χ2n) is 5.50. The van der Waals surface area contributed by atoms with E-state index in [9.17, 15) is 5.11 Å². The predicted octanol–water partition coefficient (Wildman–Crippen LogP) is 2.72. The normalized spacial score (nSPS) is 14.3. The van der Waals surface area contributed by atoms with Crippen molar-refractivity contribution in [3.63, 3.8) is 0 Å². The van der Waals surface area contributed by atoms with Gasteiger partial charge in [0.25, 0.3) is 0 Å². The molecule has 0 aliphatic heterocycles. The lowest BCUT2D eigenvalue weighted by molar-refractivity contribution is 0.0970. The van der Waals surface area contributed by atoms with Gasteiger partial charge in [0, 0.05) is 25.8 Å². The first-order valence-electron chi connectivity index (χ1n) is 6.99. The molecule has 0 saturated heterocycles. The minimum atomic E-state index is -0.199. The molecule has 3 heteroatoms. The van der Waals surface area contributed by atoms with Crippen LogP contribution in [0, 0.1) is 0 Å². The first-order valence-corrected chi connectivity index (χ1v) is 6.99. The molecule has 0 radical (unpaired) electrons. The summed E-state index contributed by atoms with van der Waals surface area (Å²) in [5.74, 6) is 0. The fourth-order valence-corrected chi connectivity index (χ4v) is 2.44. The fourth-order valence-electron chi connectivity index (χ4n) is 2.44. The van der Waals surface area contributed by atoms with Crippen LogP contribution in [-0.4, -0.2) is 31.0 Å². The Morgan fingerprint density at radius 1 is 1.15 bits per heavy atom. The van der Waals surface area contributed by atoms with Crippen LogP contribution in [0.25, 0.3) is 10.8 Å². The zero-order valence-corrected chi connectivity index (χ0v) is 12.2. The van der Waals surface area contributed by atoms with Gasteiger partial charge in [-0.2, -0.15) is 0 Å². The second-order valence-corrected chi connectivity index (χ2v) is 5.50. The van der Waals surface area contributed by atoms with Crippen LogP contribution in [0.5, 0.6) is 0 Å². The number of methoxy groups -OCH3 is 1. The van der Waals surface area contributed by atoms with Crippen LogP contribution in [0.4, 0.5) is 0 Å². The SMILES string of the molecule is COCC(C)(CCO)NCc1ccc2ccccc2c1. The minimum Gasteiger partial charge on any atom is -0.396 e. The van der Waals surface area contributed by atoms with E-state index in [4.69, 9.17) is 4.74 Å². The van der Waals surface area contributed by atoms with Crippen molar-refractivity contribution in [2.45, 2.75) is 25.4 Å². The van der Waals surface area contributed by atoms with E-state index in [0.29, 0.717) is 13.0 Å². The van der Waals surface area contributed by atoms with Crippen molar-refractivity contribution >= 4 is 10.8 Å². The number of aliphatic hydroxyl groups excluding tert-OH is 1. The van der Waals surface area contributed by atoms with E-state index in [1.165, 1.54) is 16.3 Å². The predicted molar refractivity (Wildman–Crippen MR) is 82.8 cm³/mol. The molecule has 1 unspecified atom stereocenters. The minimum absolute atomic E-state index is 0.157. The standard InChI is InChI=1S/C17H23NO2/c1-17(9-10-19,13-20-2)18-12-14-7-8-15-5-3-4-6-16(15)11-14/h3-8,11,18-19H,9-10,12-13H2,1-2H3. The lowest BCUT2D eigenvalue weighted by atomic mass is 9.98. The van der Waals surface area contributed by atoms with Crippen LogP contribution in [0.2, 0.25) is 0 Å². The Bertz CT molecular complexity index is 547. The van der Waals surface area contributed by atoms with Crippen LogP contribution in [0.1, 0.15) is 18.9 Å². The molecule has 0 bridgehead atoms. The first-order chi connectivity index (χ1) is 9.67. The third kappa shape index (κ3) is 3.79. The van der Waals surface area contributed by atoms with E-state index in [1.54, 1.807) is 7.11 Å². The monoisotopic (exact) mass is 273 g/mol. The summed E-state index contributed by atoms with van der Waals surface area (Å²) in [6.07, 6.45) is 0.675. The van der Waals surface area contributed by atoms with E-state index in [0.717, 1.165) is 6.54 Å². The number of fused-ring (bicyclic) bond motifs is 1. The molecule has 20 heavy (non-hydrogen) atoms. The molecule has 108 valence electrons. The molecule has 2 rings (SSSR count). The molecule has 1 atom stereocenters. The molecule has 3 nitrogen and oxygen atoms in total. The smallest absolute Gasteiger partial charge is 0.0642 e. The van der Waals surface area contributed by atoms with Gasteiger partial charge in [-0.1, -0.05) is 36.4 Å². The Hall–Kier alpha value is -1.42. The highest BCUT2D eigenvalue weighted by Crippen LogP contribution is 2.17. The summed E-state index contributed by atoms with van der Waals surface area (Å²) in [7, 11) is 1.69. The van der Waals surface area contributed by atoms with Crippen molar-refractivity contribution < 1.29 is 9.84 Å². The van der Waals surface area contributed by atoms with Crippen LogP contribution >= 0.6 is 0 Å². The van der Waals surface area contributed by atoms with Gasteiger partial charge in [-0.05, 0) is 35.7 Å². The van der Waals surface area contributed by atoms with Gasteiger partial charge in [-0.25, -0.2) is 0 Å². The van der Waals surface area contributed by atoms with Crippen molar-refractivity contribution in [2.24, 2.45) is 0 Å². The van der Waals surface area contributed by atoms with Crippen molar-refractivity contribution in [3.8, 4) is 0 Å². The summed E-state index contributed by atoms with van der Waals surface area (Å²) in [6.45, 7) is 3.59. The average molecular weight is 273 g/mol. The van der Waals surface area contributed by atoms with Crippen molar-refractivity contribution in [3.05, 3.63) is 48.0 Å². The molecular formula is C17H23NO2. The average Bonchev–Trinajstić information content (AvgIpc) is 2.46. The maximum atomic E-state index is 9.17. The highest BCUT2D eigenvalue weighted by molar-refractivity contribution is 5.82. The van der Waals surface area contributed by atoms with E-state index >= 15 is 0 Å². The quantitative estimate of drug-likeness (QED) is 0.815. The van der Waals surface area contributed by atoms with E-state index in [-0.39, 0.29) is 12.1 Å². The Kier molecular flexibility index (Phi) is 5.12. The molecule has 0 aromatic heterocycles. The molecule has 0 heterocycles. The topological polar surface area (TPSA) is 41.5 Å². The van der Waals surface area contributed by atoms with E-state index in [2.05, 4.69) is 54.7 Å². The molecule has 2 aromatic carbocycles. The number of ether oxygens (including phenoxy) is 1. The zero-order chi connectivity index (χ0) is 14.4. The van der Waals surface area contributed by atoms with Gasteiger partial charge in [0.1, 0.15) is 0 Å². The van der Waals surface area contributed by atoms with Gasteiger partial charge in [0.15, 0.2) is 0 Å². The molecule has 0 saturated carbocycles. The first kappa shape index (κ1) is 15.0. The number of benzene rings is 2. The second kappa shape index (κ2) is 6.84. The van der Waals surface area contributed by atoms with Crippen molar-refractivity contribution in [2.75, 3.05) is 20.3 Å². The number of aliphatic hydroxyl groups is 1. The van der Waals surface area contributed by atoms with Crippen molar-refractivity contribution in [1.29, 1.82) is 0 Å². The third-order valence-corrected chi connectivity index (χ3v) is 3.66. The number of hydrogen-bond donors (Lipinski definition) is 2. The van der Waals surface area contributed by atoms with E-state index < -0.39 is 0 Å². The number of nitrogens with one attached hydrogen (secondary N) is 1. The van der Waals surface area contributed by atoms with Gasteiger partial charge < -0.3 is 15.2 Å². The van der Waals surface area contributed by atoms with Crippen LogP contribution in [0.15, 0.2) is 42.5 Å². The Morgan fingerprint density at radius 2 is 1.90 bits per heavy atom. The molecule has 2 N–H and O–H groups in total. The molecule has 0 amide bonds. The summed E-state index contributed by atoms with van der Waals surface area (Å²) in [6, 6.07) is 14.8. The summed E-state index contributed by atoms with van der Waals surface area (Å²) >= 11 is 0. The summed E-state index contributed by atoms with van der Waals surface area (Å²) < 4.78 is 5.24. The Morgan fingerprint density at radius 3 is 2.60 bits per heavy atom. The zero-order valence-electron chi connectivity index (χ0n) is 12.2.